The fourth-order valence-electron chi connectivity index (χ4n) is 2.02. The van der Waals surface area contributed by atoms with Crippen LogP contribution in [0.15, 0.2) is 11.8 Å². The molecule has 1 aliphatic carbocycles. The molecule has 0 N–H and O–H groups in total. The first kappa shape index (κ1) is 12.8. The van der Waals surface area contributed by atoms with Crippen LogP contribution in [0.4, 0.5) is 0 Å². The van der Waals surface area contributed by atoms with Crippen LogP contribution in [0.3, 0.4) is 0 Å². The zero-order chi connectivity index (χ0) is 11.5. The van der Waals surface area contributed by atoms with Gasteiger partial charge in [0, 0.05) is 13.0 Å². The Balaban J connectivity index is 2.69. The Labute approximate surface area is 94.8 Å². The predicted molar refractivity (Wildman–Crippen MR) is 66.4 cm³/mol. The quantitative estimate of drug-likeness (QED) is 0.683. The largest absolute Gasteiger partial charge is 0.547 e. The average molecular weight is 228 g/mol. The number of hydrogen-bond donors (Lipinski definition) is 0. The van der Waals surface area contributed by atoms with Crippen LogP contribution in [0.25, 0.3) is 0 Å². The Morgan fingerprint density at radius 1 is 1.40 bits per heavy atom. The molecule has 15 heavy (non-hydrogen) atoms. The van der Waals surface area contributed by atoms with Gasteiger partial charge in [0.25, 0.3) is 0 Å². The van der Waals surface area contributed by atoms with Crippen molar-refractivity contribution in [1.29, 1.82) is 0 Å². The van der Waals surface area contributed by atoms with Gasteiger partial charge in [0.05, 0.1) is 11.4 Å². The standard InChI is InChI=1S/C12H24O2Si/c1-6-13-12(2)9-7-8-11(10-12)14-15(3,4)5/h10H,6-9H2,1-5H3. The molecule has 0 heterocycles. The highest BCUT2D eigenvalue weighted by atomic mass is 28.4. The summed E-state index contributed by atoms with van der Waals surface area (Å²) in [4.78, 5) is 0. The van der Waals surface area contributed by atoms with Crippen molar-refractivity contribution < 1.29 is 9.16 Å². The molecular formula is C12H24O2Si. The first-order chi connectivity index (χ1) is 6.85. The second-order valence-electron chi connectivity index (χ2n) is 5.42. The van der Waals surface area contributed by atoms with Crippen molar-refractivity contribution in [3.63, 3.8) is 0 Å². The molecule has 1 aliphatic rings. The Morgan fingerprint density at radius 3 is 2.60 bits per heavy atom. The van der Waals surface area contributed by atoms with Crippen LogP contribution in [0, 0.1) is 0 Å². The molecule has 0 aromatic rings. The Morgan fingerprint density at radius 2 is 2.07 bits per heavy atom. The Kier molecular flexibility index (Phi) is 4.01. The van der Waals surface area contributed by atoms with Gasteiger partial charge in [-0.25, -0.2) is 0 Å². The highest BCUT2D eigenvalue weighted by Crippen LogP contribution is 2.31. The van der Waals surface area contributed by atoms with Crippen molar-refractivity contribution in [2.75, 3.05) is 6.61 Å². The van der Waals surface area contributed by atoms with Crippen LogP contribution in [-0.4, -0.2) is 20.5 Å². The van der Waals surface area contributed by atoms with E-state index in [0.29, 0.717) is 0 Å². The van der Waals surface area contributed by atoms with E-state index < -0.39 is 8.32 Å². The second-order valence-corrected chi connectivity index (χ2v) is 9.85. The molecule has 1 unspecified atom stereocenters. The molecule has 0 saturated carbocycles. The van der Waals surface area contributed by atoms with E-state index in [1.54, 1.807) is 0 Å². The van der Waals surface area contributed by atoms with Crippen molar-refractivity contribution in [2.45, 2.75) is 58.4 Å². The maximum Gasteiger partial charge on any atom is 0.241 e. The maximum atomic E-state index is 6.04. The second kappa shape index (κ2) is 4.70. The van der Waals surface area contributed by atoms with Gasteiger partial charge in [0.2, 0.25) is 8.32 Å². The summed E-state index contributed by atoms with van der Waals surface area (Å²) in [5.74, 6) is 1.15. The van der Waals surface area contributed by atoms with Crippen molar-refractivity contribution in [1.82, 2.24) is 0 Å². The van der Waals surface area contributed by atoms with E-state index in [-0.39, 0.29) is 5.60 Å². The molecule has 0 aromatic heterocycles. The monoisotopic (exact) mass is 228 g/mol. The van der Waals surface area contributed by atoms with Gasteiger partial charge in [-0.3, -0.25) is 0 Å². The van der Waals surface area contributed by atoms with Crippen LogP contribution >= 0.6 is 0 Å². The van der Waals surface area contributed by atoms with Crippen molar-refractivity contribution >= 4 is 8.32 Å². The lowest BCUT2D eigenvalue weighted by Crippen LogP contribution is -2.32. The Hall–Kier alpha value is -0.283. The fourth-order valence-corrected chi connectivity index (χ4v) is 2.96. The molecule has 3 heteroatoms. The highest BCUT2D eigenvalue weighted by Gasteiger charge is 2.28. The molecule has 0 aromatic carbocycles. The highest BCUT2D eigenvalue weighted by molar-refractivity contribution is 6.70. The number of ether oxygens (including phenoxy) is 1. The summed E-state index contributed by atoms with van der Waals surface area (Å²) in [7, 11) is -1.45. The molecule has 0 aliphatic heterocycles. The van der Waals surface area contributed by atoms with E-state index in [1.807, 2.05) is 6.92 Å². The number of allylic oxidation sites excluding steroid dienone is 1. The lowest BCUT2D eigenvalue weighted by atomic mass is 9.92. The fraction of sp³-hybridized carbons (Fsp3) is 0.833. The lowest BCUT2D eigenvalue weighted by Gasteiger charge is -2.33. The van der Waals surface area contributed by atoms with Crippen LogP contribution in [0.5, 0.6) is 0 Å². The summed E-state index contributed by atoms with van der Waals surface area (Å²) in [6.45, 7) is 11.6. The molecule has 2 nitrogen and oxygen atoms in total. The minimum atomic E-state index is -1.45. The first-order valence-corrected chi connectivity index (χ1v) is 9.30. The molecule has 0 saturated heterocycles. The van der Waals surface area contributed by atoms with Crippen LogP contribution in [0.2, 0.25) is 19.6 Å². The number of rotatable bonds is 4. The summed E-state index contributed by atoms with van der Waals surface area (Å²) in [5.41, 5.74) is -0.0953. The van der Waals surface area contributed by atoms with Crippen molar-refractivity contribution in [2.24, 2.45) is 0 Å². The maximum absolute atomic E-state index is 6.04. The van der Waals surface area contributed by atoms with E-state index in [9.17, 15) is 0 Å². The van der Waals surface area contributed by atoms with Gasteiger partial charge in [-0.1, -0.05) is 0 Å². The number of hydrogen-bond acceptors (Lipinski definition) is 2. The van der Waals surface area contributed by atoms with Gasteiger partial charge in [-0.05, 0) is 52.4 Å². The van der Waals surface area contributed by atoms with Crippen LogP contribution in [-0.2, 0) is 9.16 Å². The molecule has 0 spiro atoms. The first-order valence-electron chi connectivity index (χ1n) is 5.89. The molecule has 88 valence electrons. The minimum absolute atomic E-state index is 0.0953. The van der Waals surface area contributed by atoms with Gasteiger partial charge < -0.3 is 9.16 Å². The minimum Gasteiger partial charge on any atom is -0.547 e. The molecule has 0 bridgehead atoms. The zero-order valence-corrected chi connectivity index (χ0v) is 11.7. The SMILES string of the molecule is CCOC1(C)C=C(O[Si](C)(C)C)CCC1. The van der Waals surface area contributed by atoms with Crippen LogP contribution < -0.4 is 0 Å². The molecule has 1 atom stereocenters. The predicted octanol–water partition coefficient (Wildman–Crippen LogP) is 3.70. The van der Waals surface area contributed by atoms with E-state index in [0.717, 1.165) is 25.2 Å². The summed E-state index contributed by atoms with van der Waals surface area (Å²) in [6, 6.07) is 0. The molecule has 0 radical (unpaired) electrons. The van der Waals surface area contributed by atoms with E-state index >= 15 is 0 Å². The average Bonchev–Trinajstić information content (AvgIpc) is 1.99. The van der Waals surface area contributed by atoms with Gasteiger partial charge in [0.1, 0.15) is 0 Å². The third kappa shape index (κ3) is 4.39. The summed E-state index contributed by atoms with van der Waals surface area (Å²) in [6.07, 6.45) is 5.55. The summed E-state index contributed by atoms with van der Waals surface area (Å²) >= 11 is 0. The van der Waals surface area contributed by atoms with E-state index in [4.69, 9.17) is 9.16 Å². The van der Waals surface area contributed by atoms with Crippen LogP contribution in [0.1, 0.15) is 33.1 Å². The topological polar surface area (TPSA) is 18.5 Å². The van der Waals surface area contributed by atoms with E-state index in [1.165, 1.54) is 6.42 Å². The van der Waals surface area contributed by atoms with Gasteiger partial charge in [-0.2, -0.15) is 0 Å². The van der Waals surface area contributed by atoms with Crippen molar-refractivity contribution in [3.8, 4) is 0 Å². The molecule has 1 rings (SSSR count). The summed E-state index contributed by atoms with van der Waals surface area (Å²) < 4.78 is 11.8. The normalized spacial score (nSPS) is 27.4. The van der Waals surface area contributed by atoms with Gasteiger partial charge in [-0.15, -0.1) is 0 Å². The third-order valence-corrected chi connectivity index (χ3v) is 3.35. The molecular weight excluding hydrogens is 204 g/mol. The molecule has 0 fully saturated rings. The van der Waals surface area contributed by atoms with E-state index in [2.05, 4.69) is 32.6 Å². The zero-order valence-electron chi connectivity index (χ0n) is 10.7. The smallest absolute Gasteiger partial charge is 0.241 e. The van der Waals surface area contributed by atoms with Crippen molar-refractivity contribution in [3.05, 3.63) is 11.8 Å². The third-order valence-electron chi connectivity index (χ3n) is 2.47. The van der Waals surface area contributed by atoms with Gasteiger partial charge in [0.15, 0.2) is 0 Å². The Bertz CT molecular complexity index is 242. The molecule has 0 amide bonds. The van der Waals surface area contributed by atoms with Gasteiger partial charge >= 0.3 is 0 Å². The summed E-state index contributed by atoms with van der Waals surface area (Å²) in [5, 5.41) is 0. The lowest BCUT2D eigenvalue weighted by molar-refractivity contribution is -0.00137.